The normalized spacial score (nSPS) is 13.7. The van der Waals surface area contributed by atoms with Gasteiger partial charge in [-0.3, -0.25) is 0 Å². The molecular formula is C20H30N2O4S. The lowest BCUT2D eigenvalue weighted by Crippen LogP contribution is -2.39. The quantitative estimate of drug-likeness (QED) is 0.729. The second-order valence-electron chi connectivity index (χ2n) is 8.37. The van der Waals surface area contributed by atoms with Crippen LogP contribution in [0.25, 0.3) is 10.9 Å². The van der Waals surface area contributed by atoms with Gasteiger partial charge in [-0.2, -0.15) is 8.42 Å². The van der Waals surface area contributed by atoms with Gasteiger partial charge in [-0.25, -0.2) is 4.79 Å². The van der Waals surface area contributed by atoms with Gasteiger partial charge in [0.1, 0.15) is 6.04 Å². The highest BCUT2D eigenvalue weighted by Gasteiger charge is 2.25. The van der Waals surface area contributed by atoms with Crippen LogP contribution in [0.2, 0.25) is 0 Å². The number of aromatic nitrogens is 1. The summed E-state index contributed by atoms with van der Waals surface area (Å²) >= 11 is 0. The molecular weight excluding hydrogens is 364 g/mol. The van der Waals surface area contributed by atoms with Crippen LogP contribution >= 0.6 is 0 Å². The van der Waals surface area contributed by atoms with Gasteiger partial charge >= 0.3 is 16.1 Å². The molecule has 1 aromatic heterocycles. The molecule has 0 spiro atoms. The Morgan fingerprint density at radius 2 is 1.93 bits per heavy atom. The monoisotopic (exact) mass is 394 g/mol. The lowest BCUT2D eigenvalue weighted by molar-refractivity contribution is -0.136. The third-order valence-electron chi connectivity index (χ3n) is 4.57. The van der Waals surface area contributed by atoms with Crippen LogP contribution in [0.3, 0.4) is 0 Å². The van der Waals surface area contributed by atoms with Crippen molar-refractivity contribution < 1.29 is 17.4 Å². The number of fused-ring (bicyclic) bond motifs is 1. The van der Waals surface area contributed by atoms with Crippen molar-refractivity contribution in [1.29, 1.82) is 0 Å². The average molecular weight is 395 g/mol. The van der Waals surface area contributed by atoms with Crippen LogP contribution in [0.5, 0.6) is 0 Å². The number of rotatable bonds is 7. The van der Waals surface area contributed by atoms with Gasteiger partial charge in [0.05, 0.1) is 11.8 Å². The largest absolute Gasteiger partial charge is 0.350 e. The van der Waals surface area contributed by atoms with Crippen molar-refractivity contribution in [1.82, 2.24) is 9.88 Å². The van der Waals surface area contributed by atoms with Crippen LogP contribution in [0.15, 0.2) is 24.4 Å². The van der Waals surface area contributed by atoms with Crippen LogP contribution in [-0.2, 0) is 32.7 Å². The Kier molecular flexibility index (Phi) is 6.37. The topological polar surface area (TPSA) is 77.4 Å². The van der Waals surface area contributed by atoms with Crippen LogP contribution in [-0.4, -0.2) is 31.3 Å². The van der Waals surface area contributed by atoms with Crippen LogP contribution < -0.4 is 5.32 Å². The molecule has 0 unspecified atom stereocenters. The Morgan fingerprint density at radius 1 is 1.26 bits per heavy atom. The van der Waals surface area contributed by atoms with Crippen LogP contribution in [0.1, 0.15) is 44.7 Å². The van der Waals surface area contributed by atoms with E-state index in [0.717, 1.165) is 29.1 Å². The molecule has 2 aromatic rings. The second kappa shape index (κ2) is 8.02. The molecule has 0 saturated carbocycles. The molecule has 27 heavy (non-hydrogen) atoms. The molecule has 0 saturated heterocycles. The Labute approximate surface area is 162 Å². The fraction of sp³-hybridized carbons (Fsp3) is 0.550. The van der Waals surface area contributed by atoms with Crippen LogP contribution in [0.4, 0.5) is 0 Å². The van der Waals surface area contributed by atoms with Crippen molar-refractivity contribution in [2.24, 2.45) is 12.5 Å². The maximum atomic E-state index is 12.4. The zero-order valence-corrected chi connectivity index (χ0v) is 17.8. The maximum absolute atomic E-state index is 12.4. The summed E-state index contributed by atoms with van der Waals surface area (Å²) < 4.78 is 29.4. The molecule has 2 rings (SSSR count). The van der Waals surface area contributed by atoms with Gasteiger partial charge in [0.15, 0.2) is 0 Å². The smallest absolute Gasteiger partial charge is 0.338 e. The molecule has 1 atom stereocenters. The van der Waals surface area contributed by atoms with Gasteiger partial charge in [0.2, 0.25) is 0 Å². The van der Waals surface area contributed by atoms with Crippen molar-refractivity contribution in [2.45, 2.75) is 53.1 Å². The highest BCUT2D eigenvalue weighted by molar-refractivity contribution is 7.86. The number of nitrogens with zero attached hydrogens (tertiary/aromatic N) is 1. The van der Waals surface area contributed by atoms with E-state index in [2.05, 4.69) is 53.9 Å². The average Bonchev–Trinajstić information content (AvgIpc) is 2.89. The third kappa shape index (κ3) is 6.07. The van der Waals surface area contributed by atoms with E-state index in [-0.39, 0.29) is 5.41 Å². The Bertz CT molecular complexity index is 923. The predicted octanol–water partition coefficient (Wildman–Crippen LogP) is 3.27. The molecule has 0 bridgehead atoms. The summed E-state index contributed by atoms with van der Waals surface area (Å²) in [5.74, 6) is -0.752. The number of carbonyl (C=O) groups excluding carboxylic acids is 1. The van der Waals surface area contributed by atoms with E-state index in [1.54, 1.807) is 0 Å². The molecule has 7 heteroatoms. The first-order valence-corrected chi connectivity index (χ1v) is 10.9. The molecule has 1 aromatic carbocycles. The summed E-state index contributed by atoms with van der Waals surface area (Å²) in [6.45, 7) is 8.77. The summed E-state index contributed by atoms with van der Waals surface area (Å²) in [6, 6.07) is 5.46. The maximum Gasteiger partial charge on any atom is 0.338 e. The van der Waals surface area contributed by atoms with Gasteiger partial charge in [0, 0.05) is 25.2 Å². The molecule has 1 N–H and O–H groups in total. The highest BCUT2D eigenvalue weighted by atomic mass is 32.2. The SMILES string of the molecule is Cc1ccc(CN[C@@H](CCC(C)(C)C)C(=O)OS(C)(=O)=O)c2ccn(C)c12. The van der Waals surface area contributed by atoms with Crippen molar-refractivity contribution in [2.75, 3.05) is 6.26 Å². The standard InChI is InChI=1S/C20H30N2O4S/c1-14-7-8-15(16-10-12-22(5)18(14)16)13-21-17(9-11-20(2,3)4)19(23)26-27(6,24)25/h7-8,10,12,17,21H,9,11,13H2,1-6H3/t17-/m0/s1. The zero-order valence-electron chi connectivity index (χ0n) is 17.0. The molecule has 0 aliphatic rings. The van der Waals surface area contributed by atoms with Gasteiger partial charge in [-0.05, 0) is 42.4 Å². The molecule has 150 valence electrons. The molecule has 0 aliphatic heterocycles. The van der Waals surface area contributed by atoms with E-state index >= 15 is 0 Å². The van der Waals surface area contributed by atoms with Gasteiger partial charge < -0.3 is 14.1 Å². The molecule has 6 nitrogen and oxygen atoms in total. The fourth-order valence-electron chi connectivity index (χ4n) is 3.15. The molecule has 1 heterocycles. The molecule has 0 amide bonds. The van der Waals surface area contributed by atoms with E-state index in [4.69, 9.17) is 0 Å². The number of benzene rings is 1. The highest BCUT2D eigenvalue weighted by Crippen LogP contribution is 2.25. The molecule has 0 aliphatic carbocycles. The summed E-state index contributed by atoms with van der Waals surface area (Å²) in [6.07, 6.45) is 4.16. The van der Waals surface area contributed by atoms with Crippen molar-refractivity contribution in [3.8, 4) is 0 Å². The fourth-order valence-corrected chi connectivity index (χ4v) is 3.56. The number of hydrogen-bond donors (Lipinski definition) is 1. The Balaban J connectivity index is 2.20. The first kappa shape index (κ1) is 21.4. The van der Waals surface area contributed by atoms with Gasteiger partial charge in [-0.15, -0.1) is 0 Å². The Hall–Kier alpha value is -1.86. The van der Waals surface area contributed by atoms with Crippen molar-refractivity contribution in [3.05, 3.63) is 35.5 Å². The minimum absolute atomic E-state index is 0.0296. The van der Waals surface area contributed by atoms with Crippen molar-refractivity contribution in [3.63, 3.8) is 0 Å². The first-order valence-electron chi connectivity index (χ1n) is 9.07. The summed E-state index contributed by atoms with van der Waals surface area (Å²) in [4.78, 5) is 12.4. The lowest BCUT2D eigenvalue weighted by atomic mass is 9.88. The third-order valence-corrected chi connectivity index (χ3v) is 5.03. The Morgan fingerprint density at radius 3 is 2.52 bits per heavy atom. The summed E-state index contributed by atoms with van der Waals surface area (Å²) in [5.41, 5.74) is 3.42. The minimum Gasteiger partial charge on any atom is -0.350 e. The first-order chi connectivity index (χ1) is 12.4. The van der Waals surface area contributed by atoms with E-state index in [9.17, 15) is 13.2 Å². The van der Waals surface area contributed by atoms with E-state index < -0.39 is 22.1 Å². The van der Waals surface area contributed by atoms with Gasteiger partial charge in [-0.1, -0.05) is 32.9 Å². The second-order valence-corrected chi connectivity index (χ2v) is 9.94. The van der Waals surface area contributed by atoms with Crippen molar-refractivity contribution >= 4 is 27.0 Å². The van der Waals surface area contributed by atoms with Crippen LogP contribution in [0, 0.1) is 12.3 Å². The van der Waals surface area contributed by atoms with Gasteiger partial charge in [0.25, 0.3) is 0 Å². The number of hydrogen-bond acceptors (Lipinski definition) is 5. The molecule has 0 fully saturated rings. The van der Waals surface area contributed by atoms with E-state index in [1.165, 1.54) is 5.56 Å². The number of nitrogens with one attached hydrogen (secondary N) is 1. The zero-order chi connectivity index (χ0) is 20.4. The summed E-state index contributed by atoms with van der Waals surface area (Å²) in [7, 11) is -1.83. The summed E-state index contributed by atoms with van der Waals surface area (Å²) in [5, 5.41) is 4.32. The number of aryl methyl sites for hydroxylation is 2. The van der Waals surface area contributed by atoms with E-state index in [0.29, 0.717) is 13.0 Å². The van der Waals surface area contributed by atoms with E-state index in [1.807, 2.05) is 19.3 Å². The minimum atomic E-state index is -3.83. The molecule has 0 radical (unpaired) electrons. The lowest BCUT2D eigenvalue weighted by Gasteiger charge is -2.23. The predicted molar refractivity (Wildman–Crippen MR) is 108 cm³/mol. The number of carbonyl (C=O) groups is 1.